The molecule has 8 aromatic rings. The number of fused-ring (bicyclic) bond motifs is 4. The van der Waals surface area contributed by atoms with Crippen molar-refractivity contribution in [2.24, 2.45) is 0 Å². The van der Waals surface area contributed by atoms with E-state index in [1.807, 2.05) is 0 Å². The molecule has 0 radical (unpaired) electrons. The van der Waals surface area contributed by atoms with Crippen molar-refractivity contribution >= 4 is 47.1 Å². The van der Waals surface area contributed by atoms with Gasteiger partial charge in [0.25, 0.3) is 0 Å². The quantitative estimate of drug-likeness (QED) is 0.238. The zero-order valence-electron chi connectivity index (χ0n) is 27.7. The molecule has 4 aromatic heterocycles. The van der Waals surface area contributed by atoms with Crippen molar-refractivity contribution in [3.05, 3.63) is 236 Å². The van der Waals surface area contributed by atoms with Gasteiger partial charge in [-0.25, -0.2) is 0 Å². The summed E-state index contributed by atoms with van der Waals surface area (Å²) < 4.78 is 7.41. The Labute approximate surface area is 307 Å². The fourth-order valence-corrected chi connectivity index (χ4v) is 14.2. The molecule has 2 aliphatic heterocycles. The summed E-state index contributed by atoms with van der Waals surface area (Å²) in [7, 11) is 0. The Kier molecular flexibility index (Phi) is 7.28. The average molecular weight is 849 g/mol. The number of hydrogen-bond donors (Lipinski definition) is 2. The van der Waals surface area contributed by atoms with Crippen LogP contribution in [0.5, 0.6) is 0 Å². The van der Waals surface area contributed by atoms with Gasteiger partial charge in [-0.15, -0.1) is 0 Å². The van der Waals surface area contributed by atoms with Gasteiger partial charge in [0, 0.05) is 0 Å². The summed E-state index contributed by atoms with van der Waals surface area (Å²) in [6, 6.07) is 60.9. The maximum atomic E-state index is 11.3. The van der Waals surface area contributed by atoms with Gasteiger partial charge in [0.1, 0.15) is 0 Å². The fraction of sp³-hybridized carbons (Fsp3) is 0.0222. The predicted molar refractivity (Wildman–Crippen MR) is 204 cm³/mol. The second-order valence-electron chi connectivity index (χ2n) is 13.0. The van der Waals surface area contributed by atoms with Gasteiger partial charge in [-0.3, -0.25) is 0 Å². The van der Waals surface area contributed by atoms with Gasteiger partial charge in [0.15, 0.2) is 0 Å². The van der Waals surface area contributed by atoms with Crippen LogP contribution in [0, 0.1) is 0 Å². The summed E-state index contributed by atoms with van der Waals surface area (Å²) >= 11 is -2.06. The molecule has 0 atom stereocenters. The van der Waals surface area contributed by atoms with Crippen LogP contribution < -0.4 is 21.4 Å². The van der Waals surface area contributed by atoms with Crippen LogP contribution in [0.15, 0.2) is 170 Å². The molecule has 6 heterocycles. The van der Waals surface area contributed by atoms with Crippen LogP contribution in [0.3, 0.4) is 0 Å². The summed E-state index contributed by atoms with van der Waals surface area (Å²) in [5.41, 5.74) is 13.6. The summed E-state index contributed by atoms with van der Waals surface area (Å²) in [4.78, 5) is 3.90. The molecule has 51 heavy (non-hydrogen) atoms. The molecule has 0 aliphatic carbocycles. The molecule has 2 aliphatic rings. The van der Waals surface area contributed by atoms with Crippen LogP contribution >= 0.6 is 0 Å². The minimum absolute atomic E-state index is 0.163. The van der Waals surface area contributed by atoms with Crippen molar-refractivity contribution in [3.8, 4) is 0 Å². The normalized spacial score (nSPS) is 16.3. The molecule has 6 heteroatoms. The SMILES string of the molecule is OCn1c2ccc1/C(c1ccccc1)=c1/ccc3[n]1[Tl][n]1c(ccc1/C(c1ccccc1)=c1/cc/c([nH]1)=C/2c1ccccc1)C=3c1ccccc1. The Hall–Kier alpha value is -5.64. The van der Waals surface area contributed by atoms with Crippen LogP contribution in [0.4, 0.5) is 0 Å². The van der Waals surface area contributed by atoms with Gasteiger partial charge < -0.3 is 0 Å². The van der Waals surface area contributed by atoms with E-state index < -0.39 is 24.8 Å². The van der Waals surface area contributed by atoms with Gasteiger partial charge in [-0.05, 0) is 0 Å². The zero-order valence-corrected chi connectivity index (χ0v) is 32.2. The van der Waals surface area contributed by atoms with E-state index in [1.165, 1.54) is 44.4 Å². The van der Waals surface area contributed by atoms with Gasteiger partial charge >= 0.3 is 310 Å². The summed E-state index contributed by atoms with van der Waals surface area (Å²) in [5, 5.41) is 15.8. The number of hydrogen-bond acceptors (Lipinski definition) is 1. The van der Waals surface area contributed by atoms with Gasteiger partial charge in [-0.2, -0.15) is 0 Å². The third-order valence-electron chi connectivity index (χ3n) is 10.2. The Morgan fingerprint density at radius 1 is 0.392 bits per heavy atom. The Balaban J connectivity index is 1.44. The van der Waals surface area contributed by atoms with Crippen LogP contribution in [0.25, 0.3) is 22.3 Å². The van der Waals surface area contributed by atoms with Crippen molar-refractivity contribution in [3.63, 3.8) is 0 Å². The number of benzene rings is 4. The number of rotatable bonds is 5. The van der Waals surface area contributed by atoms with E-state index >= 15 is 0 Å². The number of nitrogens with one attached hydrogen (secondary N) is 1. The van der Waals surface area contributed by atoms with Crippen LogP contribution in [0.1, 0.15) is 45.0 Å². The molecule has 6 bridgehead atoms. The van der Waals surface area contributed by atoms with Gasteiger partial charge in [0.05, 0.1) is 0 Å². The molecule has 4 aromatic carbocycles. The van der Waals surface area contributed by atoms with Crippen molar-refractivity contribution in [2.45, 2.75) is 6.73 Å². The van der Waals surface area contributed by atoms with Crippen LogP contribution in [0.2, 0.25) is 0 Å². The standard InChI is InChI=1S/C45H32N4O.Tl/c50-29-49-40-27-28-41(49)45(33-19-11-4-12-20-33)39-26-24-37(48-39)43(31-15-7-2-8-16-31)35-22-21-34(46-35)42(30-13-5-1-6-14-30)36-23-25-38(47-36)44(40)32-17-9-3-10-18-32;/h1-28,47,50H,29H2;/q-2;+2/b42-34?,42-36-,43-35?,43-37?,44-38-,44-40?,45-39-,45-41?;. The molecule has 5 nitrogen and oxygen atoms in total. The van der Waals surface area contributed by atoms with E-state index in [-0.39, 0.29) is 6.73 Å². The third-order valence-corrected chi connectivity index (χ3v) is 16.3. The maximum absolute atomic E-state index is 11.3. The number of aliphatic hydroxyl groups is 1. The number of aromatic nitrogens is 4. The van der Waals surface area contributed by atoms with Crippen molar-refractivity contribution in [1.82, 2.24) is 14.3 Å². The molecule has 0 unspecified atom stereocenters. The number of H-pyrrole nitrogens is 1. The Morgan fingerprint density at radius 2 is 0.765 bits per heavy atom. The molecule has 241 valence electrons. The number of nitrogens with zero attached hydrogens (tertiary/aromatic N) is 3. The summed E-state index contributed by atoms with van der Waals surface area (Å²) in [5.74, 6) is 0. The number of aliphatic hydroxyl groups excluding tert-OH is 1. The topological polar surface area (TPSA) is 50.8 Å². The summed E-state index contributed by atoms with van der Waals surface area (Å²) in [6.07, 6.45) is 0. The van der Waals surface area contributed by atoms with E-state index in [0.29, 0.717) is 0 Å². The Bertz CT molecular complexity index is 2840. The first kappa shape index (κ1) is 30.2. The first-order valence-electron chi connectivity index (χ1n) is 17.3. The Morgan fingerprint density at radius 3 is 1.24 bits per heavy atom. The van der Waals surface area contributed by atoms with Crippen molar-refractivity contribution in [1.29, 1.82) is 0 Å². The molecule has 0 saturated heterocycles. The third kappa shape index (κ3) is 4.83. The molecule has 0 amide bonds. The molecule has 0 fully saturated rings. The first-order valence-corrected chi connectivity index (χ1v) is 21.3. The van der Waals surface area contributed by atoms with Crippen molar-refractivity contribution in [2.75, 3.05) is 0 Å². The van der Waals surface area contributed by atoms with E-state index in [9.17, 15) is 5.11 Å². The average Bonchev–Trinajstić information content (AvgIpc) is 4.01. The van der Waals surface area contributed by atoms with Gasteiger partial charge in [-0.1, -0.05) is 0 Å². The molecular weight excluding hydrogens is 817 g/mol. The van der Waals surface area contributed by atoms with Gasteiger partial charge in [0.2, 0.25) is 0 Å². The molecular formula is C45H32N4OTl. The van der Waals surface area contributed by atoms with Crippen LogP contribution in [-0.4, -0.2) is 44.2 Å². The second-order valence-corrected chi connectivity index (χ2v) is 17.9. The monoisotopic (exact) mass is 849 g/mol. The first-order chi connectivity index (χ1) is 25.3. The molecule has 0 spiro atoms. The number of aromatic amines is 1. The van der Waals surface area contributed by atoms with E-state index in [1.54, 1.807) is 0 Å². The predicted octanol–water partition coefficient (Wildman–Crippen LogP) is 4.92. The molecule has 0 saturated carbocycles. The molecule has 2 N–H and O–H groups in total. The van der Waals surface area contributed by atoms with E-state index in [0.717, 1.165) is 44.4 Å². The fourth-order valence-electron chi connectivity index (χ4n) is 7.98. The van der Waals surface area contributed by atoms with Crippen LogP contribution in [-0.2, 0) is 6.73 Å². The summed E-state index contributed by atoms with van der Waals surface area (Å²) in [6.45, 7) is -0.163. The zero-order chi connectivity index (χ0) is 33.9. The second kappa shape index (κ2) is 12.3. The van der Waals surface area contributed by atoms with E-state index in [4.69, 9.17) is 0 Å². The minimum atomic E-state index is -2.06. The van der Waals surface area contributed by atoms with E-state index in [2.05, 4.69) is 184 Å². The van der Waals surface area contributed by atoms with Crippen molar-refractivity contribution < 1.29 is 5.11 Å². The molecule has 10 rings (SSSR count).